The van der Waals surface area contributed by atoms with E-state index in [9.17, 15) is 26.7 Å². The van der Waals surface area contributed by atoms with Crippen molar-refractivity contribution in [1.29, 1.82) is 0 Å². The maximum absolute atomic E-state index is 14.3. The standard InChI is InChI=1S/C21H16BrF5N2O2S/c1-9-17(32-18-15(26)13(24)12(23)14(25)16(18)27)19(29(28-9)21(2,3)4)31-20(30)10-6-5-7-11(22)8-10/h5-8H,1-4H3. The molecule has 3 rings (SSSR count). The molecule has 0 bridgehead atoms. The largest absolute Gasteiger partial charge is 0.403 e. The monoisotopic (exact) mass is 534 g/mol. The van der Waals surface area contributed by atoms with Crippen LogP contribution >= 0.6 is 27.7 Å². The summed E-state index contributed by atoms with van der Waals surface area (Å²) >= 11 is 3.49. The Morgan fingerprint density at radius 2 is 1.56 bits per heavy atom. The molecule has 32 heavy (non-hydrogen) atoms. The van der Waals surface area contributed by atoms with Crippen LogP contribution in [0.4, 0.5) is 22.0 Å². The number of aromatic nitrogens is 2. The van der Waals surface area contributed by atoms with Gasteiger partial charge in [0.15, 0.2) is 23.3 Å². The predicted octanol–water partition coefficient (Wildman–Crippen LogP) is 6.77. The lowest BCUT2D eigenvalue weighted by molar-refractivity contribution is 0.0704. The van der Waals surface area contributed by atoms with Gasteiger partial charge in [-0.15, -0.1) is 0 Å². The van der Waals surface area contributed by atoms with Crippen molar-refractivity contribution in [2.75, 3.05) is 0 Å². The fourth-order valence-electron chi connectivity index (χ4n) is 2.69. The van der Waals surface area contributed by atoms with Gasteiger partial charge in [0.2, 0.25) is 11.7 Å². The van der Waals surface area contributed by atoms with Crippen LogP contribution in [0.3, 0.4) is 0 Å². The summed E-state index contributed by atoms with van der Waals surface area (Å²) in [6, 6.07) is 6.31. The highest BCUT2D eigenvalue weighted by molar-refractivity contribution is 9.10. The van der Waals surface area contributed by atoms with Crippen LogP contribution in [0.15, 0.2) is 38.5 Å². The SMILES string of the molecule is Cc1nn(C(C)(C)C)c(OC(=O)c2cccc(Br)c2)c1Sc1c(F)c(F)c(F)c(F)c1F. The predicted molar refractivity (Wildman–Crippen MR) is 111 cm³/mol. The molecule has 1 aromatic heterocycles. The van der Waals surface area contributed by atoms with E-state index in [2.05, 4.69) is 21.0 Å². The van der Waals surface area contributed by atoms with Crippen molar-refractivity contribution >= 4 is 33.7 Å². The van der Waals surface area contributed by atoms with Crippen molar-refractivity contribution in [3.05, 3.63) is 69.1 Å². The van der Waals surface area contributed by atoms with Crippen molar-refractivity contribution in [3.63, 3.8) is 0 Å². The maximum atomic E-state index is 14.3. The smallest absolute Gasteiger partial charge is 0.344 e. The Kier molecular flexibility index (Phi) is 6.71. The zero-order chi connectivity index (χ0) is 24.0. The Labute approximate surface area is 192 Å². The van der Waals surface area contributed by atoms with Gasteiger partial charge in [-0.25, -0.2) is 31.4 Å². The number of hydrogen-bond acceptors (Lipinski definition) is 4. The molecule has 0 saturated heterocycles. The minimum atomic E-state index is -2.26. The van der Waals surface area contributed by atoms with Gasteiger partial charge in [0.25, 0.3) is 0 Å². The third kappa shape index (κ3) is 4.54. The molecule has 0 amide bonds. The highest BCUT2D eigenvalue weighted by Crippen LogP contribution is 2.43. The molecular weight excluding hydrogens is 519 g/mol. The molecule has 3 aromatic rings. The molecule has 0 unspecified atom stereocenters. The van der Waals surface area contributed by atoms with Gasteiger partial charge < -0.3 is 4.74 Å². The second-order valence-corrected chi connectivity index (χ2v) is 9.64. The number of carbonyl (C=O) groups is 1. The van der Waals surface area contributed by atoms with Gasteiger partial charge in [-0.2, -0.15) is 5.10 Å². The van der Waals surface area contributed by atoms with Crippen LogP contribution in [0, 0.1) is 36.0 Å². The normalized spacial score (nSPS) is 11.7. The van der Waals surface area contributed by atoms with E-state index >= 15 is 0 Å². The molecule has 2 aromatic carbocycles. The molecule has 4 nitrogen and oxygen atoms in total. The van der Waals surface area contributed by atoms with E-state index in [0.717, 1.165) is 0 Å². The summed E-state index contributed by atoms with van der Waals surface area (Å²) < 4.78 is 76.8. The average molecular weight is 535 g/mol. The van der Waals surface area contributed by atoms with Crippen LogP contribution in [-0.4, -0.2) is 15.7 Å². The molecular formula is C21H16BrF5N2O2S. The van der Waals surface area contributed by atoms with E-state index in [0.29, 0.717) is 4.47 Å². The van der Waals surface area contributed by atoms with Crippen LogP contribution in [0.5, 0.6) is 5.88 Å². The number of rotatable bonds is 4. The first kappa shape index (κ1) is 24.2. The van der Waals surface area contributed by atoms with Crippen LogP contribution in [0.2, 0.25) is 0 Å². The van der Waals surface area contributed by atoms with Crippen LogP contribution in [-0.2, 0) is 5.54 Å². The Hall–Kier alpha value is -2.40. The van der Waals surface area contributed by atoms with E-state index in [1.807, 2.05) is 0 Å². The van der Waals surface area contributed by atoms with E-state index in [-0.39, 0.29) is 33.8 Å². The van der Waals surface area contributed by atoms with Gasteiger partial charge in [-0.3, -0.25) is 0 Å². The van der Waals surface area contributed by atoms with Crippen LogP contribution in [0.25, 0.3) is 0 Å². The highest BCUT2D eigenvalue weighted by atomic mass is 79.9. The van der Waals surface area contributed by atoms with Crippen LogP contribution in [0.1, 0.15) is 36.8 Å². The minimum Gasteiger partial charge on any atom is -0.403 e. The summed E-state index contributed by atoms with van der Waals surface area (Å²) in [6.45, 7) is 6.68. The Morgan fingerprint density at radius 1 is 1.00 bits per heavy atom. The zero-order valence-electron chi connectivity index (χ0n) is 17.2. The number of halogens is 6. The lowest BCUT2D eigenvalue weighted by Crippen LogP contribution is -2.25. The molecule has 0 radical (unpaired) electrons. The van der Waals surface area contributed by atoms with Crippen molar-refractivity contribution in [2.45, 2.75) is 43.0 Å². The van der Waals surface area contributed by atoms with Crippen molar-refractivity contribution in [2.24, 2.45) is 0 Å². The lowest BCUT2D eigenvalue weighted by Gasteiger charge is -2.22. The third-order valence-electron chi connectivity index (χ3n) is 4.22. The lowest BCUT2D eigenvalue weighted by atomic mass is 10.1. The number of aryl methyl sites for hydroxylation is 1. The third-order valence-corrected chi connectivity index (χ3v) is 5.95. The number of benzene rings is 2. The van der Waals surface area contributed by atoms with Gasteiger partial charge in [0, 0.05) is 4.47 Å². The second-order valence-electron chi connectivity index (χ2n) is 7.70. The van der Waals surface area contributed by atoms with E-state index in [1.54, 1.807) is 32.9 Å². The van der Waals surface area contributed by atoms with Crippen molar-refractivity contribution < 1.29 is 31.5 Å². The number of carbonyl (C=O) groups excluding carboxylic acids is 1. The molecule has 0 aliphatic rings. The van der Waals surface area contributed by atoms with Gasteiger partial charge in [0.1, 0.15) is 0 Å². The van der Waals surface area contributed by atoms with E-state index in [1.165, 1.54) is 23.7 Å². The maximum Gasteiger partial charge on any atom is 0.344 e. The molecule has 170 valence electrons. The average Bonchev–Trinajstić information content (AvgIpc) is 3.03. The Bertz CT molecular complexity index is 1190. The Morgan fingerprint density at radius 3 is 2.09 bits per heavy atom. The minimum absolute atomic E-state index is 0.0634. The fourth-order valence-corrected chi connectivity index (χ4v) is 4.06. The molecule has 0 spiro atoms. The van der Waals surface area contributed by atoms with E-state index < -0.39 is 45.5 Å². The first-order valence-electron chi connectivity index (χ1n) is 9.10. The van der Waals surface area contributed by atoms with Crippen molar-refractivity contribution in [3.8, 4) is 5.88 Å². The van der Waals surface area contributed by atoms with Gasteiger partial charge >= 0.3 is 5.97 Å². The topological polar surface area (TPSA) is 44.1 Å². The molecule has 0 atom stereocenters. The molecule has 0 saturated carbocycles. The number of ether oxygens (including phenoxy) is 1. The van der Waals surface area contributed by atoms with Gasteiger partial charge in [0.05, 0.1) is 26.6 Å². The quantitative estimate of drug-likeness (QED) is 0.160. The molecule has 1 heterocycles. The fraction of sp³-hybridized carbons (Fsp3) is 0.238. The summed E-state index contributed by atoms with van der Waals surface area (Å²) in [5.41, 5.74) is -0.399. The number of nitrogens with zero attached hydrogens (tertiary/aromatic N) is 2. The summed E-state index contributed by atoms with van der Waals surface area (Å²) in [7, 11) is 0. The molecule has 0 fully saturated rings. The summed E-state index contributed by atoms with van der Waals surface area (Å²) in [4.78, 5) is 11.5. The molecule has 0 aliphatic heterocycles. The molecule has 0 N–H and O–H groups in total. The first-order chi connectivity index (χ1) is 14.8. The van der Waals surface area contributed by atoms with Gasteiger partial charge in [-0.05, 0) is 45.9 Å². The van der Waals surface area contributed by atoms with Crippen LogP contribution < -0.4 is 4.74 Å². The second kappa shape index (κ2) is 8.86. The first-order valence-corrected chi connectivity index (χ1v) is 10.7. The molecule has 11 heteroatoms. The highest BCUT2D eigenvalue weighted by Gasteiger charge is 2.32. The number of hydrogen-bond donors (Lipinski definition) is 0. The van der Waals surface area contributed by atoms with Crippen molar-refractivity contribution in [1.82, 2.24) is 9.78 Å². The van der Waals surface area contributed by atoms with Gasteiger partial charge in [-0.1, -0.05) is 33.8 Å². The Balaban J connectivity index is 2.14. The van der Waals surface area contributed by atoms with E-state index in [4.69, 9.17) is 4.74 Å². The molecule has 0 aliphatic carbocycles. The summed E-state index contributed by atoms with van der Waals surface area (Å²) in [6.07, 6.45) is 0. The number of esters is 1. The summed E-state index contributed by atoms with van der Waals surface area (Å²) in [5.74, 6) is -11.4. The summed E-state index contributed by atoms with van der Waals surface area (Å²) in [5, 5.41) is 4.27. The zero-order valence-corrected chi connectivity index (χ0v) is 19.6.